The average Bonchev–Trinajstić information content (AvgIpc) is 1.98. The Morgan fingerprint density at radius 2 is 2.00 bits per heavy atom. The van der Waals surface area contributed by atoms with E-state index in [1.165, 1.54) is 0 Å². The van der Waals surface area contributed by atoms with Crippen molar-refractivity contribution < 1.29 is 22.2 Å². The third-order valence-corrected chi connectivity index (χ3v) is 2.38. The van der Waals surface area contributed by atoms with Gasteiger partial charge in [-0.2, -0.15) is 8.42 Å². The number of nitrogens with zero attached hydrogens (tertiary/aromatic N) is 1. The number of hydrogen-bond donors (Lipinski definition) is 1. The van der Waals surface area contributed by atoms with Crippen molar-refractivity contribution in [3.63, 3.8) is 0 Å². The second-order valence-corrected chi connectivity index (χ2v) is 4.81. The van der Waals surface area contributed by atoms with Gasteiger partial charge in [0.25, 0.3) is 10.1 Å². The molecule has 0 fully saturated rings. The summed E-state index contributed by atoms with van der Waals surface area (Å²) in [4.78, 5) is 11.1. The molecule has 13 heavy (non-hydrogen) atoms. The van der Waals surface area contributed by atoms with Gasteiger partial charge in [-0.1, -0.05) is 6.58 Å². The molecule has 0 aromatic rings. The van der Waals surface area contributed by atoms with E-state index in [0.717, 1.165) is 6.08 Å². The molecule has 5 nitrogen and oxygen atoms in total. The van der Waals surface area contributed by atoms with Crippen molar-refractivity contribution >= 4 is 16.0 Å². The molecule has 1 N–H and O–H groups in total. The highest BCUT2D eigenvalue weighted by Gasteiger charge is 2.25. The fraction of sp³-hybridized carbons (Fsp3) is 0.571. The highest BCUT2D eigenvalue weighted by molar-refractivity contribution is 7.85. The van der Waals surface area contributed by atoms with Crippen LogP contribution in [0.25, 0.3) is 0 Å². The van der Waals surface area contributed by atoms with E-state index in [-0.39, 0.29) is 16.9 Å². The molecular formula is C7H14NO4S+. The van der Waals surface area contributed by atoms with E-state index in [0.29, 0.717) is 0 Å². The normalized spacial score (nSPS) is 12.5. The topological polar surface area (TPSA) is 71.4 Å². The van der Waals surface area contributed by atoms with E-state index >= 15 is 0 Å². The van der Waals surface area contributed by atoms with E-state index in [1.54, 1.807) is 14.1 Å². The van der Waals surface area contributed by atoms with Gasteiger partial charge < -0.3 is 0 Å². The Bertz CT molecular complexity index is 304. The van der Waals surface area contributed by atoms with Crippen molar-refractivity contribution in [1.82, 2.24) is 0 Å². The molecule has 6 heteroatoms. The molecule has 0 rings (SSSR count). The van der Waals surface area contributed by atoms with Crippen LogP contribution in [-0.2, 0) is 14.9 Å². The predicted octanol–water partition coefficient (Wildman–Crippen LogP) is -0.337. The number of amides is 1. The summed E-state index contributed by atoms with van der Waals surface area (Å²) in [5.74, 6) is -0.719. The van der Waals surface area contributed by atoms with Crippen molar-refractivity contribution in [2.24, 2.45) is 0 Å². The van der Waals surface area contributed by atoms with Crippen LogP contribution in [0.4, 0.5) is 0 Å². The largest absolute Gasteiger partial charge is 0.337 e. The van der Waals surface area contributed by atoms with E-state index in [9.17, 15) is 13.2 Å². The number of likely N-dealkylation sites (N-methyl/N-ethyl adjacent to an activating group) is 1. The predicted molar refractivity (Wildman–Crippen MR) is 48.6 cm³/mol. The summed E-state index contributed by atoms with van der Waals surface area (Å²) in [5, 5.41) is 0. The lowest BCUT2D eigenvalue weighted by molar-refractivity contribution is -0.808. The molecule has 1 amide bonds. The van der Waals surface area contributed by atoms with Gasteiger partial charge in [0.1, 0.15) is 12.3 Å². The molecule has 0 saturated heterocycles. The standard InChI is InChI=1S/C7H13NO4S/c1-4-7(9)8(2,3)5-6-13(10,11)12/h4H,1,5-6H2,2-3H3/p+1. The highest BCUT2D eigenvalue weighted by atomic mass is 32.2. The maximum absolute atomic E-state index is 11.1. The van der Waals surface area contributed by atoms with E-state index in [4.69, 9.17) is 4.55 Å². The van der Waals surface area contributed by atoms with Crippen LogP contribution in [0.15, 0.2) is 12.7 Å². The van der Waals surface area contributed by atoms with Crippen molar-refractivity contribution in [2.75, 3.05) is 26.4 Å². The van der Waals surface area contributed by atoms with Gasteiger partial charge in [-0.15, -0.1) is 0 Å². The lowest BCUT2D eigenvalue weighted by atomic mass is 10.4. The molecule has 0 aliphatic heterocycles. The fourth-order valence-corrected chi connectivity index (χ4v) is 1.39. The van der Waals surface area contributed by atoms with Crippen molar-refractivity contribution in [1.29, 1.82) is 0 Å². The maximum atomic E-state index is 11.1. The third-order valence-electron chi connectivity index (χ3n) is 1.68. The average molecular weight is 208 g/mol. The molecule has 0 aromatic heterocycles. The van der Waals surface area contributed by atoms with Crippen molar-refractivity contribution in [2.45, 2.75) is 0 Å². The zero-order chi connectivity index (χ0) is 10.7. The summed E-state index contributed by atoms with van der Waals surface area (Å²) in [6.45, 7) is 3.33. The van der Waals surface area contributed by atoms with Crippen LogP contribution in [0.3, 0.4) is 0 Å². The van der Waals surface area contributed by atoms with Crippen LogP contribution in [0, 0.1) is 0 Å². The summed E-state index contributed by atoms with van der Waals surface area (Å²) in [6.07, 6.45) is 1.13. The first kappa shape index (κ1) is 12.3. The highest BCUT2D eigenvalue weighted by Crippen LogP contribution is 2.00. The minimum Gasteiger partial charge on any atom is -0.285 e. The zero-order valence-corrected chi connectivity index (χ0v) is 8.54. The summed E-state index contributed by atoms with van der Waals surface area (Å²) in [5.41, 5.74) is 0. The molecule has 0 saturated carbocycles. The van der Waals surface area contributed by atoms with Crippen LogP contribution >= 0.6 is 0 Å². The smallest absolute Gasteiger partial charge is 0.285 e. The van der Waals surface area contributed by atoms with Crippen LogP contribution in [0.5, 0.6) is 0 Å². The minimum absolute atomic E-state index is 0.0314. The Morgan fingerprint density at radius 1 is 1.54 bits per heavy atom. The van der Waals surface area contributed by atoms with Crippen molar-refractivity contribution in [3.05, 3.63) is 12.7 Å². The monoisotopic (exact) mass is 208 g/mol. The Labute approximate surface area is 78.0 Å². The first-order valence-corrected chi connectivity index (χ1v) is 5.25. The summed E-state index contributed by atoms with van der Waals surface area (Å²) < 4.78 is 29.1. The van der Waals surface area contributed by atoms with Gasteiger partial charge >= 0.3 is 5.91 Å². The van der Waals surface area contributed by atoms with Gasteiger partial charge in [0.15, 0.2) is 0 Å². The maximum Gasteiger partial charge on any atom is 0.337 e. The van der Waals surface area contributed by atoms with Crippen LogP contribution in [-0.4, -0.2) is 49.8 Å². The Kier molecular flexibility index (Phi) is 3.77. The van der Waals surface area contributed by atoms with Gasteiger partial charge in [-0.05, 0) is 0 Å². The van der Waals surface area contributed by atoms with Gasteiger partial charge in [0.2, 0.25) is 0 Å². The van der Waals surface area contributed by atoms with Gasteiger partial charge in [-0.25, -0.2) is 4.79 Å². The summed E-state index contributed by atoms with van der Waals surface area (Å²) >= 11 is 0. The molecule has 0 spiro atoms. The molecule has 76 valence electrons. The first-order chi connectivity index (χ1) is 5.69. The summed E-state index contributed by atoms with van der Waals surface area (Å²) in [7, 11) is -0.900. The van der Waals surface area contributed by atoms with Gasteiger partial charge in [-0.3, -0.25) is 9.04 Å². The lowest BCUT2D eigenvalue weighted by Gasteiger charge is -2.24. The molecule has 0 aliphatic carbocycles. The van der Waals surface area contributed by atoms with Gasteiger partial charge in [0.05, 0.1) is 14.1 Å². The quantitative estimate of drug-likeness (QED) is 0.390. The van der Waals surface area contributed by atoms with Gasteiger partial charge in [0, 0.05) is 6.08 Å². The molecule has 0 heterocycles. The van der Waals surface area contributed by atoms with Crippen LogP contribution in [0.2, 0.25) is 0 Å². The Balaban J connectivity index is 4.36. The number of hydrogen-bond acceptors (Lipinski definition) is 3. The third kappa shape index (κ3) is 4.76. The second-order valence-electron chi connectivity index (χ2n) is 3.24. The molecule has 0 aliphatic rings. The summed E-state index contributed by atoms with van der Waals surface area (Å²) in [6, 6.07) is 0. The molecule has 0 bridgehead atoms. The lowest BCUT2D eigenvalue weighted by Crippen LogP contribution is -2.47. The number of quaternary nitrogens is 1. The molecule has 0 aromatic carbocycles. The van der Waals surface area contributed by atoms with Crippen molar-refractivity contribution in [3.8, 4) is 0 Å². The molecule has 0 unspecified atom stereocenters. The Hall–Kier alpha value is -0.720. The Morgan fingerprint density at radius 3 is 2.31 bits per heavy atom. The number of rotatable bonds is 4. The number of carbonyl (C=O) groups excluding carboxylic acids is 1. The SMILES string of the molecule is C=CC(=O)[N+](C)(C)CCS(=O)(=O)O. The van der Waals surface area contributed by atoms with E-state index in [1.807, 2.05) is 0 Å². The molecule has 0 radical (unpaired) electrons. The van der Waals surface area contributed by atoms with E-state index in [2.05, 4.69) is 6.58 Å². The fourth-order valence-electron chi connectivity index (χ4n) is 0.701. The minimum atomic E-state index is -4.00. The molecule has 0 atom stereocenters. The first-order valence-electron chi connectivity index (χ1n) is 3.64. The molecular weight excluding hydrogens is 194 g/mol. The van der Waals surface area contributed by atoms with Crippen LogP contribution in [0.1, 0.15) is 0 Å². The zero-order valence-electron chi connectivity index (χ0n) is 7.73. The second kappa shape index (κ2) is 3.99. The van der Waals surface area contributed by atoms with Crippen LogP contribution < -0.4 is 0 Å². The van der Waals surface area contributed by atoms with E-state index < -0.39 is 15.9 Å². The number of carbonyl (C=O) groups is 1.